The zero-order valence-electron chi connectivity index (χ0n) is 16.4. The van der Waals surface area contributed by atoms with Gasteiger partial charge < -0.3 is 10.6 Å². The molecule has 0 aliphatic heterocycles. The van der Waals surface area contributed by atoms with E-state index in [1.165, 1.54) is 6.07 Å². The van der Waals surface area contributed by atoms with Crippen molar-refractivity contribution in [1.29, 1.82) is 0 Å². The number of nitrogens with one attached hydrogen (secondary N) is 2. The summed E-state index contributed by atoms with van der Waals surface area (Å²) in [6, 6.07) is 7.41. The van der Waals surface area contributed by atoms with Crippen molar-refractivity contribution >= 4 is 11.8 Å². The summed E-state index contributed by atoms with van der Waals surface area (Å²) in [5.41, 5.74) is -1.47. The number of benzene rings is 2. The van der Waals surface area contributed by atoms with Gasteiger partial charge in [-0.3, -0.25) is 9.59 Å². The van der Waals surface area contributed by atoms with E-state index in [4.69, 9.17) is 0 Å². The predicted molar refractivity (Wildman–Crippen MR) is 101 cm³/mol. The van der Waals surface area contributed by atoms with Gasteiger partial charge in [0, 0.05) is 31.0 Å². The number of hydrogen-bond acceptors (Lipinski definition) is 2. The van der Waals surface area contributed by atoms with Crippen LogP contribution in [0.1, 0.15) is 41.8 Å². The van der Waals surface area contributed by atoms with Gasteiger partial charge in [-0.1, -0.05) is 32.0 Å². The Balaban J connectivity index is 1.86. The summed E-state index contributed by atoms with van der Waals surface area (Å²) in [4.78, 5) is 23.9. The third kappa shape index (κ3) is 6.27. The lowest BCUT2D eigenvalue weighted by Gasteiger charge is -2.26. The van der Waals surface area contributed by atoms with Crippen molar-refractivity contribution in [2.75, 3.05) is 13.1 Å². The predicted octanol–water partition coefficient (Wildman–Crippen LogP) is 4.20. The highest BCUT2D eigenvalue weighted by Crippen LogP contribution is 2.32. The monoisotopic (exact) mass is 428 g/mol. The van der Waals surface area contributed by atoms with E-state index in [1.807, 2.05) is 0 Å². The first-order valence-corrected chi connectivity index (χ1v) is 9.08. The molecule has 2 rings (SSSR count). The SMILES string of the molecule is CC(C)(CNC(=O)CCNC(=O)c1ccc(F)cc1F)c1cccc(C(F)(F)F)c1. The second-order valence-electron chi connectivity index (χ2n) is 7.37. The van der Waals surface area contributed by atoms with Crippen LogP contribution in [0.15, 0.2) is 42.5 Å². The molecule has 2 amide bonds. The average Bonchev–Trinajstić information content (AvgIpc) is 2.66. The zero-order chi connectivity index (χ0) is 22.5. The highest BCUT2D eigenvalue weighted by Gasteiger charge is 2.32. The first-order chi connectivity index (χ1) is 13.9. The van der Waals surface area contributed by atoms with E-state index in [-0.39, 0.29) is 25.1 Å². The van der Waals surface area contributed by atoms with Crippen molar-refractivity contribution in [1.82, 2.24) is 10.6 Å². The molecule has 0 spiro atoms. The summed E-state index contributed by atoms with van der Waals surface area (Å²) in [7, 11) is 0. The number of rotatable bonds is 7. The third-order valence-corrected chi connectivity index (χ3v) is 4.51. The highest BCUT2D eigenvalue weighted by molar-refractivity contribution is 5.94. The molecule has 0 atom stereocenters. The van der Waals surface area contributed by atoms with Gasteiger partial charge in [0.05, 0.1) is 11.1 Å². The average molecular weight is 428 g/mol. The highest BCUT2D eigenvalue weighted by atomic mass is 19.4. The van der Waals surface area contributed by atoms with Crippen LogP contribution >= 0.6 is 0 Å². The molecule has 0 saturated heterocycles. The molecule has 0 unspecified atom stereocenters. The Hall–Kier alpha value is -2.97. The first kappa shape index (κ1) is 23.3. The van der Waals surface area contributed by atoms with Crippen LogP contribution in [-0.2, 0) is 16.4 Å². The lowest BCUT2D eigenvalue weighted by Crippen LogP contribution is -2.38. The fourth-order valence-electron chi connectivity index (χ4n) is 2.68. The number of carbonyl (C=O) groups excluding carboxylic acids is 2. The molecule has 0 aromatic heterocycles. The maximum atomic E-state index is 13.6. The molecular weight excluding hydrogens is 407 g/mol. The van der Waals surface area contributed by atoms with Gasteiger partial charge in [-0.25, -0.2) is 8.78 Å². The lowest BCUT2D eigenvalue weighted by molar-refractivity contribution is -0.137. The van der Waals surface area contributed by atoms with Crippen molar-refractivity contribution in [3.8, 4) is 0 Å². The molecule has 2 N–H and O–H groups in total. The molecule has 2 aromatic rings. The van der Waals surface area contributed by atoms with Crippen LogP contribution in [0.25, 0.3) is 0 Å². The smallest absolute Gasteiger partial charge is 0.355 e. The van der Waals surface area contributed by atoms with E-state index in [9.17, 15) is 31.5 Å². The molecule has 162 valence electrons. The number of halogens is 5. The van der Waals surface area contributed by atoms with Crippen molar-refractivity contribution in [3.05, 3.63) is 70.8 Å². The van der Waals surface area contributed by atoms with E-state index in [0.717, 1.165) is 24.3 Å². The van der Waals surface area contributed by atoms with Crippen molar-refractivity contribution < 1.29 is 31.5 Å². The molecule has 30 heavy (non-hydrogen) atoms. The largest absolute Gasteiger partial charge is 0.416 e. The van der Waals surface area contributed by atoms with Gasteiger partial charge in [-0.2, -0.15) is 13.2 Å². The second kappa shape index (κ2) is 9.23. The standard InChI is InChI=1S/C21H21F5N2O2/c1-20(2,13-4-3-5-14(10-13)21(24,25)26)12-28-18(29)8-9-27-19(30)16-7-6-15(22)11-17(16)23/h3-7,10-11H,8-9,12H2,1-2H3,(H,27,30)(H,28,29). The van der Waals surface area contributed by atoms with Crippen LogP contribution in [0.3, 0.4) is 0 Å². The van der Waals surface area contributed by atoms with Crippen molar-refractivity contribution in [2.24, 2.45) is 0 Å². The molecule has 0 aliphatic rings. The fourth-order valence-corrected chi connectivity index (χ4v) is 2.68. The van der Waals surface area contributed by atoms with E-state index in [2.05, 4.69) is 10.6 Å². The molecule has 0 radical (unpaired) electrons. The Morgan fingerprint density at radius 2 is 1.60 bits per heavy atom. The molecule has 0 fully saturated rings. The summed E-state index contributed by atoms with van der Waals surface area (Å²) < 4.78 is 65.1. The molecule has 0 saturated carbocycles. The van der Waals surface area contributed by atoms with Gasteiger partial charge >= 0.3 is 6.18 Å². The minimum atomic E-state index is -4.46. The van der Waals surface area contributed by atoms with Crippen LogP contribution in [0, 0.1) is 11.6 Å². The molecule has 2 aromatic carbocycles. The fraction of sp³-hybridized carbons (Fsp3) is 0.333. The number of hydrogen-bond donors (Lipinski definition) is 2. The number of carbonyl (C=O) groups is 2. The topological polar surface area (TPSA) is 58.2 Å². The van der Waals surface area contributed by atoms with Crippen LogP contribution in [0.2, 0.25) is 0 Å². The zero-order valence-corrected chi connectivity index (χ0v) is 16.4. The van der Waals surface area contributed by atoms with Crippen molar-refractivity contribution in [3.63, 3.8) is 0 Å². The van der Waals surface area contributed by atoms with Crippen LogP contribution in [-0.4, -0.2) is 24.9 Å². The van der Waals surface area contributed by atoms with E-state index in [0.29, 0.717) is 11.6 Å². The Morgan fingerprint density at radius 3 is 2.23 bits per heavy atom. The number of amides is 2. The van der Waals surface area contributed by atoms with Crippen LogP contribution < -0.4 is 10.6 Å². The molecular formula is C21H21F5N2O2. The maximum absolute atomic E-state index is 13.6. The minimum Gasteiger partial charge on any atom is -0.355 e. The normalized spacial score (nSPS) is 11.8. The number of alkyl halides is 3. The summed E-state index contributed by atoms with van der Waals surface area (Å²) in [5.74, 6) is -3.05. The Bertz CT molecular complexity index is 926. The third-order valence-electron chi connectivity index (χ3n) is 4.51. The van der Waals surface area contributed by atoms with Crippen LogP contribution in [0.4, 0.5) is 22.0 Å². The van der Waals surface area contributed by atoms with Gasteiger partial charge in [0.2, 0.25) is 5.91 Å². The van der Waals surface area contributed by atoms with Crippen LogP contribution in [0.5, 0.6) is 0 Å². The summed E-state index contributed by atoms with van der Waals surface area (Å²) in [6.45, 7) is 3.38. The molecule has 4 nitrogen and oxygen atoms in total. The molecule has 0 heterocycles. The van der Waals surface area contributed by atoms with Gasteiger partial charge in [-0.05, 0) is 23.8 Å². The summed E-state index contributed by atoms with van der Waals surface area (Å²) in [6.07, 6.45) is -4.58. The van der Waals surface area contributed by atoms with Gasteiger partial charge in [0.1, 0.15) is 11.6 Å². The first-order valence-electron chi connectivity index (χ1n) is 9.08. The van der Waals surface area contributed by atoms with Gasteiger partial charge in [0.25, 0.3) is 5.91 Å². The summed E-state index contributed by atoms with van der Waals surface area (Å²) in [5, 5.41) is 4.97. The Morgan fingerprint density at radius 1 is 0.933 bits per heavy atom. The lowest BCUT2D eigenvalue weighted by atomic mass is 9.83. The molecule has 0 aliphatic carbocycles. The Kier molecular flexibility index (Phi) is 7.17. The van der Waals surface area contributed by atoms with E-state index < -0.39 is 40.6 Å². The molecule has 9 heteroatoms. The van der Waals surface area contributed by atoms with E-state index in [1.54, 1.807) is 19.9 Å². The van der Waals surface area contributed by atoms with Gasteiger partial charge in [0.15, 0.2) is 0 Å². The summed E-state index contributed by atoms with van der Waals surface area (Å²) >= 11 is 0. The van der Waals surface area contributed by atoms with Crippen molar-refractivity contribution in [2.45, 2.75) is 31.9 Å². The second-order valence-corrected chi connectivity index (χ2v) is 7.37. The maximum Gasteiger partial charge on any atom is 0.416 e. The van der Waals surface area contributed by atoms with E-state index >= 15 is 0 Å². The molecule has 0 bridgehead atoms. The minimum absolute atomic E-state index is 0.0771. The quantitative estimate of drug-likeness (QED) is 0.650. The van der Waals surface area contributed by atoms with Gasteiger partial charge in [-0.15, -0.1) is 0 Å². The Labute approximate surface area is 170 Å².